The van der Waals surface area contributed by atoms with Crippen LogP contribution in [0, 0.1) is 0 Å². The molecule has 2 amide bonds. The smallest absolute Gasteiger partial charge is 0.341 e. The van der Waals surface area contributed by atoms with Gasteiger partial charge in [-0.05, 0) is 37.0 Å². The Morgan fingerprint density at radius 3 is 2.62 bits per heavy atom. The lowest BCUT2D eigenvalue weighted by Crippen LogP contribution is -2.50. The predicted molar refractivity (Wildman–Crippen MR) is 112 cm³/mol. The molecule has 1 atom stereocenters. The fraction of sp³-hybridized carbons (Fsp3) is 0.381. The molecule has 3 N–H and O–H groups in total. The number of primary amides is 1. The van der Waals surface area contributed by atoms with Crippen LogP contribution in [0.1, 0.15) is 40.2 Å². The standard InChI is InChI=1S/C21H25N3O4S/c1-3-15-10-16(21(27)28-4-2)20(29-15)23-18(25)12-24-11-14-8-6-5-7-13(14)9-17(24)19(22)26/h5-8,10,17H,3-4,9,11-12H2,1-2H3,(H2,22,26)(H,23,25). The first-order valence-corrected chi connectivity index (χ1v) is 10.4. The van der Waals surface area contributed by atoms with Crippen LogP contribution < -0.4 is 11.1 Å². The Hall–Kier alpha value is -2.71. The molecule has 0 fully saturated rings. The average Bonchev–Trinajstić information content (AvgIpc) is 3.10. The van der Waals surface area contributed by atoms with Crippen LogP contribution in [0.3, 0.4) is 0 Å². The van der Waals surface area contributed by atoms with E-state index in [4.69, 9.17) is 10.5 Å². The predicted octanol–water partition coefficient (Wildman–Crippen LogP) is 2.34. The summed E-state index contributed by atoms with van der Waals surface area (Å²) in [4.78, 5) is 39.7. The summed E-state index contributed by atoms with van der Waals surface area (Å²) in [6.45, 7) is 4.45. The maximum Gasteiger partial charge on any atom is 0.341 e. The van der Waals surface area contributed by atoms with Gasteiger partial charge in [-0.1, -0.05) is 31.2 Å². The highest BCUT2D eigenvalue weighted by atomic mass is 32.1. The van der Waals surface area contributed by atoms with Crippen molar-refractivity contribution >= 4 is 34.1 Å². The average molecular weight is 416 g/mol. The lowest BCUT2D eigenvalue weighted by Gasteiger charge is -2.34. The lowest BCUT2D eigenvalue weighted by molar-refractivity contribution is -0.125. The Labute approximate surface area is 173 Å². The number of esters is 1. The Bertz CT molecular complexity index is 924. The number of hydrogen-bond acceptors (Lipinski definition) is 6. The normalized spacial score (nSPS) is 16.1. The summed E-state index contributed by atoms with van der Waals surface area (Å²) in [5, 5.41) is 3.29. The van der Waals surface area contributed by atoms with E-state index in [1.807, 2.05) is 31.2 Å². The third-order valence-corrected chi connectivity index (χ3v) is 6.10. The van der Waals surface area contributed by atoms with Crippen LogP contribution in [0.5, 0.6) is 0 Å². The van der Waals surface area contributed by atoms with E-state index >= 15 is 0 Å². The van der Waals surface area contributed by atoms with Crippen molar-refractivity contribution in [1.82, 2.24) is 4.90 Å². The van der Waals surface area contributed by atoms with Gasteiger partial charge in [0.05, 0.1) is 24.8 Å². The van der Waals surface area contributed by atoms with E-state index in [0.29, 0.717) is 23.5 Å². The van der Waals surface area contributed by atoms with Crippen LogP contribution in [0.25, 0.3) is 0 Å². The second kappa shape index (κ2) is 9.19. The highest BCUT2D eigenvalue weighted by molar-refractivity contribution is 7.16. The summed E-state index contributed by atoms with van der Waals surface area (Å²) < 4.78 is 5.09. The van der Waals surface area contributed by atoms with Crippen LogP contribution >= 0.6 is 11.3 Å². The number of carbonyl (C=O) groups excluding carboxylic acids is 3. The largest absolute Gasteiger partial charge is 0.462 e. The highest BCUT2D eigenvalue weighted by Gasteiger charge is 2.31. The molecule has 0 saturated heterocycles. The first-order chi connectivity index (χ1) is 13.9. The van der Waals surface area contributed by atoms with Crippen LogP contribution in [0.2, 0.25) is 0 Å². The summed E-state index contributed by atoms with van der Waals surface area (Å²) in [7, 11) is 0. The molecule has 0 saturated carbocycles. The second-order valence-electron chi connectivity index (χ2n) is 6.87. The number of rotatable bonds is 7. The Kier molecular flexibility index (Phi) is 6.66. The van der Waals surface area contributed by atoms with Gasteiger partial charge in [-0.25, -0.2) is 4.79 Å². The molecule has 0 bridgehead atoms. The van der Waals surface area contributed by atoms with Crippen molar-refractivity contribution in [3.63, 3.8) is 0 Å². The minimum absolute atomic E-state index is 0.00354. The summed E-state index contributed by atoms with van der Waals surface area (Å²) in [5.41, 5.74) is 8.10. The number of nitrogens with two attached hydrogens (primary N) is 1. The van der Waals surface area contributed by atoms with Crippen molar-refractivity contribution in [1.29, 1.82) is 0 Å². The number of anilines is 1. The van der Waals surface area contributed by atoms with Crippen molar-refractivity contribution in [2.45, 2.75) is 39.3 Å². The van der Waals surface area contributed by atoms with E-state index in [0.717, 1.165) is 22.4 Å². The quantitative estimate of drug-likeness (QED) is 0.676. The zero-order valence-electron chi connectivity index (χ0n) is 16.6. The molecule has 2 heterocycles. The van der Waals surface area contributed by atoms with Crippen LogP contribution in [-0.4, -0.2) is 41.9 Å². The van der Waals surface area contributed by atoms with Crippen molar-refractivity contribution in [2.24, 2.45) is 5.73 Å². The monoisotopic (exact) mass is 415 g/mol. The first-order valence-electron chi connectivity index (χ1n) is 9.62. The van der Waals surface area contributed by atoms with E-state index in [-0.39, 0.29) is 19.1 Å². The molecule has 1 aliphatic heterocycles. The SMILES string of the molecule is CCOC(=O)c1cc(CC)sc1NC(=O)CN1Cc2ccccc2CC1C(N)=O. The number of benzene rings is 1. The van der Waals surface area contributed by atoms with E-state index in [1.54, 1.807) is 17.9 Å². The highest BCUT2D eigenvalue weighted by Crippen LogP contribution is 2.30. The van der Waals surface area contributed by atoms with Crippen molar-refractivity contribution in [2.75, 3.05) is 18.5 Å². The summed E-state index contributed by atoms with van der Waals surface area (Å²) in [6.07, 6.45) is 1.23. The second-order valence-corrected chi connectivity index (χ2v) is 8.01. The summed E-state index contributed by atoms with van der Waals surface area (Å²) in [5.74, 6) is -1.21. The molecule has 8 heteroatoms. The fourth-order valence-corrected chi connectivity index (χ4v) is 4.44. The van der Waals surface area contributed by atoms with Gasteiger partial charge in [0.25, 0.3) is 0 Å². The van der Waals surface area contributed by atoms with Gasteiger partial charge in [-0.15, -0.1) is 11.3 Å². The summed E-state index contributed by atoms with van der Waals surface area (Å²) in [6, 6.07) is 9.04. The molecule has 1 aromatic carbocycles. The molecule has 2 aromatic rings. The zero-order valence-corrected chi connectivity index (χ0v) is 17.4. The summed E-state index contributed by atoms with van der Waals surface area (Å²) >= 11 is 1.36. The number of fused-ring (bicyclic) bond motifs is 1. The number of nitrogens with one attached hydrogen (secondary N) is 1. The number of aryl methyl sites for hydroxylation is 1. The maximum absolute atomic E-state index is 12.7. The molecule has 1 aliphatic rings. The van der Waals surface area contributed by atoms with Crippen molar-refractivity contribution in [3.8, 4) is 0 Å². The lowest BCUT2D eigenvalue weighted by atomic mass is 9.93. The van der Waals surface area contributed by atoms with E-state index in [1.165, 1.54) is 11.3 Å². The number of nitrogens with zero attached hydrogens (tertiary/aromatic N) is 1. The van der Waals surface area contributed by atoms with Gasteiger partial charge in [0.15, 0.2) is 0 Å². The minimum Gasteiger partial charge on any atom is -0.462 e. The molecule has 29 heavy (non-hydrogen) atoms. The van der Waals surface area contributed by atoms with Gasteiger partial charge >= 0.3 is 5.97 Å². The van der Waals surface area contributed by atoms with Gasteiger partial charge < -0.3 is 15.8 Å². The van der Waals surface area contributed by atoms with Crippen molar-refractivity contribution < 1.29 is 19.1 Å². The Balaban J connectivity index is 1.75. The van der Waals surface area contributed by atoms with E-state index in [9.17, 15) is 14.4 Å². The van der Waals surface area contributed by atoms with Gasteiger partial charge in [-0.2, -0.15) is 0 Å². The number of amides is 2. The molecule has 0 radical (unpaired) electrons. The molecular weight excluding hydrogens is 390 g/mol. The van der Waals surface area contributed by atoms with Crippen LogP contribution in [-0.2, 0) is 33.7 Å². The molecule has 0 spiro atoms. The third kappa shape index (κ3) is 4.83. The molecule has 1 unspecified atom stereocenters. The third-order valence-electron chi connectivity index (χ3n) is 4.90. The number of hydrogen-bond donors (Lipinski definition) is 2. The Morgan fingerprint density at radius 1 is 1.24 bits per heavy atom. The van der Waals surface area contributed by atoms with Gasteiger partial charge in [-0.3, -0.25) is 14.5 Å². The van der Waals surface area contributed by atoms with Crippen LogP contribution in [0.15, 0.2) is 30.3 Å². The van der Waals surface area contributed by atoms with Gasteiger partial charge in [0.1, 0.15) is 5.00 Å². The topological polar surface area (TPSA) is 102 Å². The minimum atomic E-state index is -0.547. The molecule has 0 aliphatic carbocycles. The number of thiophene rings is 1. The molecule has 3 rings (SSSR count). The number of ether oxygens (including phenoxy) is 1. The van der Waals surface area contributed by atoms with E-state index in [2.05, 4.69) is 5.32 Å². The first kappa shape index (κ1) is 21.0. The van der Waals surface area contributed by atoms with E-state index < -0.39 is 17.9 Å². The van der Waals surface area contributed by atoms with Crippen LogP contribution in [0.4, 0.5) is 5.00 Å². The molecular formula is C21H25N3O4S. The molecule has 7 nitrogen and oxygen atoms in total. The maximum atomic E-state index is 12.7. The van der Waals surface area contributed by atoms with Gasteiger partial charge in [0.2, 0.25) is 11.8 Å². The van der Waals surface area contributed by atoms with Gasteiger partial charge in [0, 0.05) is 11.4 Å². The molecule has 1 aromatic heterocycles. The zero-order chi connectivity index (χ0) is 21.0. The van der Waals surface area contributed by atoms with Crippen molar-refractivity contribution in [3.05, 3.63) is 51.9 Å². The molecule has 154 valence electrons. The number of carbonyl (C=O) groups is 3. The fourth-order valence-electron chi connectivity index (χ4n) is 3.44. The Morgan fingerprint density at radius 2 is 1.97 bits per heavy atom.